The summed E-state index contributed by atoms with van der Waals surface area (Å²) in [5, 5.41) is 16.0. The smallest absolute Gasteiger partial charge is 0.416 e. The number of hydrogen-bond donors (Lipinski definition) is 2. The van der Waals surface area contributed by atoms with Crippen molar-refractivity contribution in [2.24, 2.45) is 0 Å². The number of urea groups is 1. The second-order valence-electron chi connectivity index (χ2n) is 6.55. The van der Waals surface area contributed by atoms with Gasteiger partial charge in [-0.3, -0.25) is 14.9 Å². The van der Waals surface area contributed by atoms with Crippen molar-refractivity contribution in [1.29, 1.82) is 0 Å². The quantitative estimate of drug-likeness (QED) is 0.562. The number of amides is 3. The van der Waals surface area contributed by atoms with Gasteiger partial charge in [-0.15, -0.1) is 0 Å². The number of nitro groups is 1. The zero-order valence-electron chi connectivity index (χ0n) is 16.1. The lowest BCUT2D eigenvalue weighted by atomic mass is 9.96. The first-order valence-electron chi connectivity index (χ1n) is 8.97. The molecule has 1 aliphatic rings. The second-order valence-corrected chi connectivity index (χ2v) is 6.55. The molecule has 3 amide bonds. The largest absolute Gasteiger partial charge is 0.490 e. The summed E-state index contributed by atoms with van der Waals surface area (Å²) >= 11 is 0. The van der Waals surface area contributed by atoms with E-state index in [2.05, 4.69) is 10.6 Å². The van der Waals surface area contributed by atoms with Gasteiger partial charge in [-0.1, -0.05) is 18.2 Å². The van der Waals surface area contributed by atoms with Gasteiger partial charge in [-0.2, -0.15) is 13.2 Å². The number of benzene rings is 2. The summed E-state index contributed by atoms with van der Waals surface area (Å²) in [6, 6.07) is 5.76. The van der Waals surface area contributed by atoms with Gasteiger partial charge in [0.1, 0.15) is 6.04 Å². The van der Waals surface area contributed by atoms with E-state index in [1.165, 1.54) is 31.4 Å². The van der Waals surface area contributed by atoms with E-state index >= 15 is 0 Å². The Morgan fingerprint density at radius 3 is 2.65 bits per heavy atom. The van der Waals surface area contributed by atoms with E-state index < -0.39 is 40.3 Å². The van der Waals surface area contributed by atoms with E-state index in [1.54, 1.807) is 0 Å². The maximum absolute atomic E-state index is 13.5. The van der Waals surface area contributed by atoms with Crippen LogP contribution in [0.1, 0.15) is 17.2 Å². The zero-order chi connectivity index (χ0) is 22.8. The molecule has 0 saturated carbocycles. The molecule has 2 aromatic rings. The van der Waals surface area contributed by atoms with Crippen LogP contribution in [-0.2, 0) is 11.0 Å². The molecule has 2 N–H and O–H groups in total. The second kappa shape index (κ2) is 8.50. The summed E-state index contributed by atoms with van der Waals surface area (Å²) < 4.78 is 45.3. The van der Waals surface area contributed by atoms with Crippen LogP contribution in [0.3, 0.4) is 0 Å². The molecule has 1 aliphatic heterocycles. The molecule has 1 heterocycles. The number of carbonyl (C=O) groups is 2. The molecular formula is C19H17F3N4O5. The summed E-state index contributed by atoms with van der Waals surface area (Å²) in [7, 11) is 1.25. The molecule has 0 bridgehead atoms. The fourth-order valence-electron chi connectivity index (χ4n) is 3.29. The first-order chi connectivity index (χ1) is 14.6. The molecule has 0 radical (unpaired) electrons. The summed E-state index contributed by atoms with van der Waals surface area (Å²) in [6.45, 7) is -0.0215. The Bertz CT molecular complexity index is 1030. The number of methoxy groups -OCH3 is 1. The Morgan fingerprint density at radius 2 is 2.00 bits per heavy atom. The SMILES string of the molecule is COc1ccc(NC(=O)N2CCNC(=O)C2c2ccccc2C(F)(F)F)cc1[N+](=O)[O-]. The van der Waals surface area contributed by atoms with Crippen LogP contribution in [0.15, 0.2) is 42.5 Å². The molecular weight excluding hydrogens is 421 g/mol. The van der Waals surface area contributed by atoms with Crippen molar-refractivity contribution >= 4 is 23.3 Å². The summed E-state index contributed by atoms with van der Waals surface area (Å²) in [5.74, 6) is -0.795. The molecule has 1 fully saturated rings. The molecule has 9 nitrogen and oxygen atoms in total. The standard InChI is InChI=1S/C19H17F3N4O5/c1-31-15-7-6-11(10-14(15)26(29)30)24-18(28)25-9-8-23-17(27)16(25)12-4-2-3-5-13(12)19(20,21)22/h2-7,10,16H,8-9H2,1H3,(H,23,27)(H,24,28). The summed E-state index contributed by atoms with van der Waals surface area (Å²) in [4.78, 5) is 36.7. The lowest BCUT2D eigenvalue weighted by Crippen LogP contribution is -2.53. The molecule has 164 valence electrons. The molecule has 31 heavy (non-hydrogen) atoms. The van der Waals surface area contributed by atoms with Crippen molar-refractivity contribution in [2.45, 2.75) is 12.2 Å². The maximum atomic E-state index is 13.5. The monoisotopic (exact) mass is 438 g/mol. The van der Waals surface area contributed by atoms with E-state index in [1.807, 2.05) is 0 Å². The van der Waals surface area contributed by atoms with Crippen molar-refractivity contribution in [3.05, 3.63) is 63.7 Å². The number of alkyl halides is 3. The average molecular weight is 438 g/mol. The van der Waals surface area contributed by atoms with Gasteiger partial charge in [0, 0.05) is 24.8 Å². The molecule has 0 spiro atoms. The summed E-state index contributed by atoms with van der Waals surface area (Å²) in [5.41, 5.74) is -1.79. The number of nitro benzene ring substituents is 1. The van der Waals surface area contributed by atoms with Crippen molar-refractivity contribution in [3.63, 3.8) is 0 Å². The molecule has 1 saturated heterocycles. The van der Waals surface area contributed by atoms with Gasteiger partial charge in [-0.25, -0.2) is 4.79 Å². The van der Waals surface area contributed by atoms with Gasteiger partial charge < -0.3 is 20.3 Å². The Labute approximate surface area is 173 Å². The van der Waals surface area contributed by atoms with E-state index in [-0.39, 0.29) is 30.1 Å². The highest BCUT2D eigenvalue weighted by Gasteiger charge is 2.41. The number of hydrogen-bond acceptors (Lipinski definition) is 5. The van der Waals surface area contributed by atoms with Crippen LogP contribution in [0.4, 0.5) is 29.3 Å². The minimum absolute atomic E-state index is 0.0198. The van der Waals surface area contributed by atoms with Gasteiger partial charge in [0.25, 0.3) is 0 Å². The number of ether oxygens (including phenoxy) is 1. The Hall–Kier alpha value is -3.83. The number of carbonyl (C=O) groups excluding carboxylic acids is 2. The van der Waals surface area contributed by atoms with Crippen LogP contribution in [0.25, 0.3) is 0 Å². The molecule has 1 unspecified atom stereocenters. The van der Waals surface area contributed by atoms with Crippen LogP contribution in [-0.4, -0.2) is 42.0 Å². The normalized spacial score (nSPS) is 16.5. The third-order valence-corrected chi connectivity index (χ3v) is 4.66. The Morgan fingerprint density at radius 1 is 1.29 bits per heavy atom. The first-order valence-corrected chi connectivity index (χ1v) is 8.97. The fourth-order valence-corrected chi connectivity index (χ4v) is 3.29. The third-order valence-electron chi connectivity index (χ3n) is 4.66. The van der Waals surface area contributed by atoms with Crippen molar-refractivity contribution in [2.75, 3.05) is 25.5 Å². The van der Waals surface area contributed by atoms with E-state index in [9.17, 15) is 32.9 Å². The molecule has 12 heteroatoms. The first kappa shape index (κ1) is 21.9. The highest BCUT2D eigenvalue weighted by atomic mass is 19.4. The molecule has 0 aliphatic carbocycles. The van der Waals surface area contributed by atoms with Crippen LogP contribution < -0.4 is 15.4 Å². The zero-order valence-corrected chi connectivity index (χ0v) is 16.1. The third kappa shape index (κ3) is 4.52. The number of anilines is 1. The number of nitrogens with zero attached hydrogens (tertiary/aromatic N) is 2. The number of halogens is 3. The molecule has 2 aromatic carbocycles. The predicted octanol–water partition coefficient (Wildman–Crippen LogP) is 3.33. The number of nitrogens with one attached hydrogen (secondary N) is 2. The van der Waals surface area contributed by atoms with Crippen LogP contribution in [0.5, 0.6) is 5.75 Å². The highest BCUT2D eigenvalue weighted by Crippen LogP contribution is 2.37. The van der Waals surface area contributed by atoms with E-state index in [0.29, 0.717) is 0 Å². The van der Waals surface area contributed by atoms with Crippen molar-refractivity contribution < 1.29 is 32.4 Å². The van der Waals surface area contributed by atoms with Crippen molar-refractivity contribution in [1.82, 2.24) is 10.2 Å². The molecule has 3 rings (SSSR count). The Balaban J connectivity index is 1.94. The minimum Gasteiger partial charge on any atom is -0.490 e. The summed E-state index contributed by atoms with van der Waals surface area (Å²) in [6.07, 6.45) is -4.73. The predicted molar refractivity (Wildman–Crippen MR) is 103 cm³/mol. The molecule has 1 atom stereocenters. The van der Waals surface area contributed by atoms with E-state index in [0.717, 1.165) is 23.1 Å². The average Bonchev–Trinajstić information content (AvgIpc) is 2.72. The number of piperazine rings is 1. The van der Waals surface area contributed by atoms with E-state index in [4.69, 9.17) is 4.74 Å². The maximum Gasteiger partial charge on any atom is 0.416 e. The minimum atomic E-state index is -4.73. The lowest BCUT2D eigenvalue weighted by Gasteiger charge is -2.36. The molecule has 0 aromatic heterocycles. The Kier molecular flexibility index (Phi) is 5.99. The highest BCUT2D eigenvalue weighted by molar-refractivity contribution is 5.95. The van der Waals surface area contributed by atoms with Gasteiger partial charge in [-0.05, 0) is 23.8 Å². The number of rotatable bonds is 4. The van der Waals surface area contributed by atoms with Crippen LogP contribution in [0.2, 0.25) is 0 Å². The van der Waals surface area contributed by atoms with Gasteiger partial charge in [0.2, 0.25) is 5.91 Å². The van der Waals surface area contributed by atoms with Crippen LogP contribution >= 0.6 is 0 Å². The lowest BCUT2D eigenvalue weighted by molar-refractivity contribution is -0.385. The van der Waals surface area contributed by atoms with Crippen molar-refractivity contribution in [3.8, 4) is 5.75 Å². The van der Waals surface area contributed by atoms with Gasteiger partial charge >= 0.3 is 17.9 Å². The topological polar surface area (TPSA) is 114 Å². The fraction of sp³-hybridized carbons (Fsp3) is 0.263. The van der Waals surface area contributed by atoms with Gasteiger partial charge in [0.15, 0.2) is 5.75 Å². The van der Waals surface area contributed by atoms with Crippen LogP contribution in [0, 0.1) is 10.1 Å². The van der Waals surface area contributed by atoms with Gasteiger partial charge in [0.05, 0.1) is 17.6 Å².